The molecule has 0 aliphatic carbocycles. The minimum Gasteiger partial charge on any atom is -0.463 e. The number of amidine groups is 1. The first-order valence-electron chi connectivity index (χ1n) is 4.60. The molecule has 1 aliphatic heterocycles. The molecule has 1 heterocycles. The number of rotatable bonds is 2. The maximum absolute atomic E-state index is 5.87. The highest BCUT2D eigenvalue weighted by atomic mass is 35.5. The first-order valence-corrected chi connectivity index (χ1v) is 5.36. The lowest BCUT2D eigenvalue weighted by atomic mass is 10.2. The number of hydrogen-bond donors (Lipinski definition) is 1. The van der Waals surface area contributed by atoms with E-state index in [1.807, 2.05) is 12.1 Å². The van der Waals surface area contributed by atoms with Crippen molar-refractivity contribution >= 4 is 29.2 Å². The van der Waals surface area contributed by atoms with Crippen LogP contribution in [0.15, 0.2) is 23.2 Å². The Balaban J connectivity index is 1.98. The molecular formula is C10H10Cl2N2O. The van der Waals surface area contributed by atoms with E-state index in [-0.39, 0.29) is 0 Å². The van der Waals surface area contributed by atoms with Gasteiger partial charge in [0.25, 0.3) is 6.02 Å². The lowest BCUT2D eigenvalue weighted by Gasteiger charge is -2.06. The zero-order chi connectivity index (χ0) is 10.7. The van der Waals surface area contributed by atoms with Crippen LogP contribution in [0.1, 0.15) is 5.56 Å². The molecule has 0 aromatic heterocycles. The van der Waals surface area contributed by atoms with Gasteiger partial charge in [-0.3, -0.25) is 0 Å². The van der Waals surface area contributed by atoms with E-state index in [0.29, 0.717) is 29.2 Å². The smallest absolute Gasteiger partial charge is 0.285 e. The quantitative estimate of drug-likeness (QED) is 0.868. The number of nitrogens with zero attached hydrogens (tertiary/aromatic N) is 1. The second-order valence-electron chi connectivity index (χ2n) is 3.17. The molecular weight excluding hydrogens is 235 g/mol. The minimum atomic E-state index is 0.589. The molecule has 2 rings (SSSR count). The Morgan fingerprint density at radius 1 is 1.27 bits per heavy atom. The zero-order valence-corrected chi connectivity index (χ0v) is 9.48. The average molecular weight is 245 g/mol. The molecule has 80 valence electrons. The van der Waals surface area contributed by atoms with Crippen LogP contribution in [0, 0.1) is 0 Å². The third-order valence-corrected chi connectivity index (χ3v) is 2.39. The van der Waals surface area contributed by atoms with Crippen molar-refractivity contribution in [2.75, 3.05) is 13.2 Å². The molecule has 1 N–H and O–H groups in total. The van der Waals surface area contributed by atoms with Crippen molar-refractivity contribution in [2.24, 2.45) is 4.99 Å². The first kappa shape index (κ1) is 10.6. The van der Waals surface area contributed by atoms with E-state index in [1.54, 1.807) is 6.07 Å². The predicted molar refractivity (Wildman–Crippen MR) is 61.6 cm³/mol. The highest BCUT2D eigenvalue weighted by Gasteiger charge is 2.06. The van der Waals surface area contributed by atoms with Crippen LogP contribution in [-0.2, 0) is 11.3 Å². The van der Waals surface area contributed by atoms with Crippen molar-refractivity contribution in [1.29, 1.82) is 0 Å². The average Bonchev–Trinajstić information content (AvgIpc) is 2.65. The van der Waals surface area contributed by atoms with Gasteiger partial charge in [-0.1, -0.05) is 23.2 Å². The topological polar surface area (TPSA) is 33.6 Å². The van der Waals surface area contributed by atoms with Gasteiger partial charge in [-0.25, -0.2) is 4.99 Å². The summed E-state index contributed by atoms with van der Waals surface area (Å²) >= 11 is 11.7. The number of aliphatic imine (C=N–C) groups is 1. The van der Waals surface area contributed by atoms with Crippen molar-refractivity contribution < 1.29 is 4.74 Å². The Morgan fingerprint density at radius 2 is 2.00 bits per heavy atom. The van der Waals surface area contributed by atoms with E-state index in [9.17, 15) is 0 Å². The van der Waals surface area contributed by atoms with Gasteiger partial charge in [0.15, 0.2) is 0 Å². The third kappa shape index (κ3) is 3.01. The molecule has 0 fully saturated rings. The summed E-state index contributed by atoms with van der Waals surface area (Å²) < 4.78 is 5.21. The summed E-state index contributed by atoms with van der Waals surface area (Å²) in [7, 11) is 0. The van der Waals surface area contributed by atoms with Gasteiger partial charge in [0.2, 0.25) is 0 Å². The molecule has 1 aromatic carbocycles. The van der Waals surface area contributed by atoms with Crippen LogP contribution in [0.5, 0.6) is 0 Å². The van der Waals surface area contributed by atoms with Crippen LogP contribution >= 0.6 is 23.2 Å². The SMILES string of the molecule is Clc1cc(Cl)cc(CNC2=NCCO2)c1. The van der Waals surface area contributed by atoms with Crippen LogP contribution in [0.2, 0.25) is 10.0 Å². The molecule has 15 heavy (non-hydrogen) atoms. The van der Waals surface area contributed by atoms with Gasteiger partial charge in [0.05, 0.1) is 6.54 Å². The summed E-state index contributed by atoms with van der Waals surface area (Å²) in [6, 6.07) is 6.01. The van der Waals surface area contributed by atoms with Crippen LogP contribution in [0.25, 0.3) is 0 Å². The highest BCUT2D eigenvalue weighted by Crippen LogP contribution is 2.18. The summed E-state index contributed by atoms with van der Waals surface area (Å²) in [5.41, 5.74) is 1.01. The Labute approximate surface area is 98.1 Å². The number of nitrogens with one attached hydrogen (secondary N) is 1. The summed E-state index contributed by atoms with van der Waals surface area (Å²) in [4.78, 5) is 4.11. The molecule has 0 atom stereocenters. The van der Waals surface area contributed by atoms with Crippen LogP contribution in [-0.4, -0.2) is 19.2 Å². The van der Waals surface area contributed by atoms with Gasteiger partial charge < -0.3 is 10.1 Å². The second-order valence-corrected chi connectivity index (χ2v) is 4.04. The van der Waals surface area contributed by atoms with Crippen molar-refractivity contribution in [3.05, 3.63) is 33.8 Å². The molecule has 5 heteroatoms. The lowest BCUT2D eigenvalue weighted by molar-refractivity contribution is 0.331. The Kier molecular flexibility index (Phi) is 3.34. The number of hydrogen-bond acceptors (Lipinski definition) is 3. The van der Waals surface area contributed by atoms with E-state index in [0.717, 1.165) is 12.1 Å². The monoisotopic (exact) mass is 244 g/mol. The van der Waals surface area contributed by atoms with Crippen molar-refractivity contribution in [1.82, 2.24) is 5.32 Å². The molecule has 0 saturated carbocycles. The fraction of sp³-hybridized carbons (Fsp3) is 0.300. The minimum absolute atomic E-state index is 0.589. The highest BCUT2D eigenvalue weighted by molar-refractivity contribution is 6.34. The van der Waals surface area contributed by atoms with Crippen molar-refractivity contribution in [3.8, 4) is 0 Å². The Morgan fingerprint density at radius 3 is 2.60 bits per heavy atom. The molecule has 0 unspecified atom stereocenters. The Bertz CT molecular complexity index is 373. The maximum atomic E-state index is 5.87. The largest absolute Gasteiger partial charge is 0.463 e. The lowest BCUT2D eigenvalue weighted by Crippen LogP contribution is -2.22. The molecule has 0 bridgehead atoms. The van der Waals surface area contributed by atoms with Crippen LogP contribution in [0.4, 0.5) is 0 Å². The molecule has 0 spiro atoms. The van der Waals surface area contributed by atoms with Gasteiger partial charge in [0, 0.05) is 16.6 Å². The van der Waals surface area contributed by atoms with E-state index >= 15 is 0 Å². The second kappa shape index (κ2) is 4.73. The zero-order valence-electron chi connectivity index (χ0n) is 7.96. The van der Waals surface area contributed by atoms with E-state index in [2.05, 4.69) is 10.3 Å². The summed E-state index contributed by atoms with van der Waals surface area (Å²) in [5, 5.41) is 4.33. The molecule has 1 aliphatic rings. The summed E-state index contributed by atoms with van der Waals surface area (Å²) in [5.74, 6) is 0. The van der Waals surface area contributed by atoms with Crippen LogP contribution < -0.4 is 5.32 Å². The van der Waals surface area contributed by atoms with Gasteiger partial charge >= 0.3 is 0 Å². The standard InChI is InChI=1S/C10H10Cl2N2O/c11-8-3-7(4-9(12)5-8)6-14-10-13-1-2-15-10/h3-5H,1-2,6H2,(H,13,14). The molecule has 0 amide bonds. The van der Waals surface area contributed by atoms with Gasteiger partial charge in [-0.05, 0) is 23.8 Å². The predicted octanol–water partition coefficient (Wildman–Crippen LogP) is 2.47. The normalized spacial score (nSPS) is 14.7. The third-order valence-electron chi connectivity index (χ3n) is 1.95. The van der Waals surface area contributed by atoms with Crippen molar-refractivity contribution in [2.45, 2.75) is 6.54 Å². The van der Waals surface area contributed by atoms with Gasteiger partial charge in [-0.15, -0.1) is 0 Å². The summed E-state index contributed by atoms with van der Waals surface area (Å²) in [6.07, 6.45) is 0. The molecule has 3 nitrogen and oxygen atoms in total. The maximum Gasteiger partial charge on any atom is 0.285 e. The van der Waals surface area contributed by atoms with Gasteiger partial charge in [-0.2, -0.15) is 0 Å². The number of benzene rings is 1. The van der Waals surface area contributed by atoms with Crippen LogP contribution in [0.3, 0.4) is 0 Å². The number of halogens is 2. The molecule has 0 saturated heterocycles. The first-order chi connectivity index (χ1) is 7.24. The van der Waals surface area contributed by atoms with Gasteiger partial charge in [0.1, 0.15) is 6.61 Å². The van der Waals surface area contributed by atoms with E-state index in [1.165, 1.54) is 0 Å². The van der Waals surface area contributed by atoms with E-state index < -0.39 is 0 Å². The number of ether oxygens (including phenoxy) is 1. The van der Waals surface area contributed by atoms with Crippen molar-refractivity contribution in [3.63, 3.8) is 0 Å². The molecule has 0 radical (unpaired) electrons. The Hall–Kier alpha value is -0.930. The fourth-order valence-corrected chi connectivity index (χ4v) is 1.90. The fourth-order valence-electron chi connectivity index (χ4n) is 1.33. The molecule has 1 aromatic rings. The van der Waals surface area contributed by atoms with E-state index in [4.69, 9.17) is 27.9 Å². The summed E-state index contributed by atoms with van der Waals surface area (Å²) in [6.45, 7) is 1.98.